The smallest absolute Gasteiger partial charge is 0.255 e. The van der Waals surface area contributed by atoms with Crippen molar-refractivity contribution in [3.63, 3.8) is 0 Å². The van der Waals surface area contributed by atoms with Crippen molar-refractivity contribution >= 4 is 50.0 Å². The van der Waals surface area contributed by atoms with Crippen LogP contribution in [-0.4, -0.2) is 10.9 Å². The lowest BCUT2D eigenvalue weighted by molar-refractivity contribution is 0.102. The highest BCUT2D eigenvalue weighted by Gasteiger charge is 2.10. The normalized spacial score (nSPS) is 10.6. The maximum Gasteiger partial charge on any atom is 0.255 e. The molecule has 0 saturated carbocycles. The minimum Gasteiger partial charge on any atom is -0.321 e. The third-order valence-electron chi connectivity index (χ3n) is 3.08. The molecule has 0 aliphatic rings. The van der Waals surface area contributed by atoms with Crippen LogP contribution in [0.2, 0.25) is 5.02 Å². The largest absolute Gasteiger partial charge is 0.321 e. The number of carbonyl (C=O) groups excluding carboxylic acids is 1. The molecule has 3 rings (SSSR count). The number of amides is 1. The SMILES string of the molecule is O=C(Nc1ccc(Cl)c2ncccc12)c1ccc(Br)cc1. The van der Waals surface area contributed by atoms with E-state index < -0.39 is 0 Å². The lowest BCUT2D eigenvalue weighted by Crippen LogP contribution is -2.12. The molecule has 0 aliphatic carbocycles. The molecule has 0 radical (unpaired) electrons. The van der Waals surface area contributed by atoms with Gasteiger partial charge in [0.15, 0.2) is 0 Å². The van der Waals surface area contributed by atoms with Gasteiger partial charge >= 0.3 is 0 Å². The Morgan fingerprint density at radius 1 is 1.10 bits per heavy atom. The monoisotopic (exact) mass is 360 g/mol. The van der Waals surface area contributed by atoms with E-state index >= 15 is 0 Å². The molecule has 5 heteroatoms. The fraction of sp³-hybridized carbons (Fsp3) is 0. The van der Waals surface area contributed by atoms with Gasteiger partial charge in [-0.3, -0.25) is 9.78 Å². The maximum absolute atomic E-state index is 12.3. The quantitative estimate of drug-likeness (QED) is 0.705. The molecule has 1 heterocycles. The van der Waals surface area contributed by atoms with Crippen LogP contribution < -0.4 is 5.32 Å². The number of benzene rings is 2. The van der Waals surface area contributed by atoms with Crippen LogP contribution in [0.3, 0.4) is 0 Å². The van der Waals surface area contributed by atoms with Crippen molar-refractivity contribution in [3.05, 3.63) is 69.8 Å². The fourth-order valence-corrected chi connectivity index (χ4v) is 2.52. The number of hydrogen-bond acceptors (Lipinski definition) is 2. The molecule has 0 bridgehead atoms. The Kier molecular flexibility index (Phi) is 3.90. The van der Waals surface area contributed by atoms with Crippen LogP contribution in [0.25, 0.3) is 10.9 Å². The highest BCUT2D eigenvalue weighted by Crippen LogP contribution is 2.28. The number of carbonyl (C=O) groups is 1. The molecule has 3 nitrogen and oxygen atoms in total. The summed E-state index contributed by atoms with van der Waals surface area (Å²) >= 11 is 9.47. The Bertz CT molecular complexity index is 818. The Hall–Kier alpha value is -1.91. The number of anilines is 1. The molecule has 1 N–H and O–H groups in total. The summed E-state index contributed by atoms with van der Waals surface area (Å²) < 4.78 is 0.931. The summed E-state index contributed by atoms with van der Waals surface area (Å²) in [5, 5.41) is 4.27. The van der Waals surface area contributed by atoms with Gasteiger partial charge in [0.05, 0.1) is 16.2 Å². The van der Waals surface area contributed by atoms with Crippen LogP contribution in [-0.2, 0) is 0 Å². The number of rotatable bonds is 2. The molecule has 1 aromatic heterocycles. The number of hydrogen-bond donors (Lipinski definition) is 1. The predicted octanol–water partition coefficient (Wildman–Crippen LogP) is 4.90. The van der Waals surface area contributed by atoms with Gasteiger partial charge in [-0.2, -0.15) is 0 Å². The van der Waals surface area contributed by atoms with Gasteiger partial charge in [0, 0.05) is 21.6 Å². The van der Waals surface area contributed by atoms with Crippen molar-refractivity contribution in [3.8, 4) is 0 Å². The Balaban J connectivity index is 1.97. The second-order valence-electron chi connectivity index (χ2n) is 4.46. The second-order valence-corrected chi connectivity index (χ2v) is 5.78. The van der Waals surface area contributed by atoms with E-state index in [1.165, 1.54) is 0 Å². The van der Waals surface area contributed by atoms with Crippen LogP contribution in [0.1, 0.15) is 10.4 Å². The lowest BCUT2D eigenvalue weighted by Gasteiger charge is -2.09. The summed E-state index contributed by atoms with van der Waals surface area (Å²) in [5.41, 5.74) is 1.95. The summed E-state index contributed by atoms with van der Waals surface area (Å²) in [6.07, 6.45) is 1.68. The molecule has 0 aliphatic heterocycles. The van der Waals surface area contributed by atoms with E-state index in [-0.39, 0.29) is 5.91 Å². The van der Waals surface area contributed by atoms with E-state index in [2.05, 4.69) is 26.2 Å². The predicted molar refractivity (Wildman–Crippen MR) is 88.8 cm³/mol. The number of fused-ring (bicyclic) bond motifs is 1. The Labute approximate surface area is 135 Å². The van der Waals surface area contributed by atoms with Crippen LogP contribution in [0.4, 0.5) is 5.69 Å². The number of halogens is 2. The highest BCUT2D eigenvalue weighted by atomic mass is 79.9. The minimum absolute atomic E-state index is 0.171. The van der Waals surface area contributed by atoms with Gasteiger partial charge in [-0.25, -0.2) is 0 Å². The third-order valence-corrected chi connectivity index (χ3v) is 3.91. The molecule has 0 spiro atoms. The van der Waals surface area contributed by atoms with Crippen LogP contribution in [0, 0.1) is 0 Å². The zero-order valence-electron chi connectivity index (χ0n) is 10.8. The van der Waals surface area contributed by atoms with Crippen molar-refractivity contribution in [2.45, 2.75) is 0 Å². The summed E-state index contributed by atoms with van der Waals surface area (Å²) in [7, 11) is 0. The van der Waals surface area contributed by atoms with E-state index in [0.29, 0.717) is 21.8 Å². The molecule has 0 fully saturated rings. The standard InChI is InChI=1S/C16H10BrClN2O/c17-11-5-3-10(4-6-11)16(21)20-14-8-7-13(18)15-12(14)2-1-9-19-15/h1-9H,(H,20,21). The van der Waals surface area contributed by atoms with E-state index in [1.54, 1.807) is 30.5 Å². The Morgan fingerprint density at radius 3 is 2.62 bits per heavy atom. The number of nitrogens with zero attached hydrogens (tertiary/aromatic N) is 1. The first-order valence-electron chi connectivity index (χ1n) is 6.25. The zero-order chi connectivity index (χ0) is 14.8. The number of aromatic nitrogens is 1. The van der Waals surface area contributed by atoms with Gasteiger partial charge in [-0.05, 0) is 48.5 Å². The summed E-state index contributed by atoms with van der Waals surface area (Å²) in [4.78, 5) is 16.5. The molecule has 1 amide bonds. The van der Waals surface area contributed by atoms with E-state index in [9.17, 15) is 4.79 Å². The van der Waals surface area contributed by atoms with Crippen LogP contribution in [0.5, 0.6) is 0 Å². The molecular weight excluding hydrogens is 352 g/mol. The van der Waals surface area contributed by atoms with Crippen molar-refractivity contribution in [2.24, 2.45) is 0 Å². The molecule has 2 aromatic carbocycles. The van der Waals surface area contributed by atoms with Crippen LogP contribution in [0.15, 0.2) is 59.2 Å². The molecule has 0 unspecified atom stereocenters. The lowest BCUT2D eigenvalue weighted by atomic mass is 10.1. The molecule has 0 atom stereocenters. The summed E-state index contributed by atoms with van der Waals surface area (Å²) in [5.74, 6) is -0.171. The van der Waals surface area contributed by atoms with E-state index in [1.807, 2.05) is 24.3 Å². The van der Waals surface area contributed by atoms with Gasteiger partial charge in [0.25, 0.3) is 5.91 Å². The maximum atomic E-state index is 12.3. The van der Waals surface area contributed by atoms with Gasteiger partial charge in [0.2, 0.25) is 0 Å². The minimum atomic E-state index is -0.171. The first-order chi connectivity index (χ1) is 10.1. The first-order valence-corrected chi connectivity index (χ1v) is 7.42. The summed E-state index contributed by atoms with van der Waals surface area (Å²) in [6.45, 7) is 0. The number of nitrogens with one attached hydrogen (secondary N) is 1. The van der Waals surface area contributed by atoms with E-state index in [0.717, 1.165) is 9.86 Å². The van der Waals surface area contributed by atoms with Crippen molar-refractivity contribution < 1.29 is 4.79 Å². The number of pyridine rings is 1. The fourth-order valence-electron chi connectivity index (χ4n) is 2.04. The second kappa shape index (κ2) is 5.84. The average molecular weight is 362 g/mol. The third kappa shape index (κ3) is 2.91. The van der Waals surface area contributed by atoms with Crippen molar-refractivity contribution in [2.75, 3.05) is 5.32 Å². The van der Waals surface area contributed by atoms with Crippen molar-refractivity contribution in [1.82, 2.24) is 4.98 Å². The van der Waals surface area contributed by atoms with Gasteiger partial charge < -0.3 is 5.32 Å². The molecular formula is C16H10BrClN2O. The topological polar surface area (TPSA) is 42.0 Å². The van der Waals surface area contributed by atoms with Gasteiger partial charge in [-0.15, -0.1) is 0 Å². The summed E-state index contributed by atoms with van der Waals surface area (Å²) in [6, 6.07) is 14.4. The molecule has 3 aromatic rings. The molecule has 0 saturated heterocycles. The molecule has 21 heavy (non-hydrogen) atoms. The Morgan fingerprint density at radius 2 is 1.86 bits per heavy atom. The van der Waals surface area contributed by atoms with Crippen LogP contribution >= 0.6 is 27.5 Å². The first kappa shape index (κ1) is 14.0. The van der Waals surface area contributed by atoms with Gasteiger partial charge in [0.1, 0.15) is 0 Å². The van der Waals surface area contributed by atoms with Crippen molar-refractivity contribution in [1.29, 1.82) is 0 Å². The molecule has 104 valence electrons. The average Bonchev–Trinajstić information content (AvgIpc) is 2.51. The van der Waals surface area contributed by atoms with E-state index in [4.69, 9.17) is 11.6 Å². The zero-order valence-corrected chi connectivity index (χ0v) is 13.1. The van der Waals surface area contributed by atoms with Gasteiger partial charge in [-0.1, -0.05) is 27.5 Å². The highest BCUT2D eigenvalue weighted by molar-refractivity contribution is 9.10.